The quantitative estimate of drug-likeness (QED) is 0.191. The molecule has 0 aliphatic heterocycles. The minimum atomic E-state index is -6.73. The molecule has 0 saturated heterocycles. The van der Waals surface area contributed by atoms with E-state index in [0.29, 0.717) is 13.0 Å². The van der Waals surface area contributed by atoms with Gasteiger partial charge in [0.15, 0.2) is 0 Å². The fourth-order valence-corrected chi connectivity index (χ4v) is 1.90. The van der Waals surface area contributed by atoms with Crippen LogP contribution in [0.25, 0.3) is 0 Å². The van der Waals surface area contributed by atoms with Crippen molar-refractivity contribution in [1.29, 1.82) is 0 Å². The van der Waals surface area contributed by atoms with E-state index in [4.69, 9.17) is 10.2 Å². The number of carbonyl (C=O) groups is 3. The third-order valence-corrected chi connectivity index (χ3v) is 4.06. The maximum absolute atomic E-state index is 12.7. The molecule has 0 saturated carbocycles. The lowest BCUT2D eigenvalue weighted by molar-refractivity contribution is -0.357. The van der Waals surface area contributed by atoms with Crippen LogP contribution >= 0.6 is 0 Å². The molecule has 20 heteroatoms. The highest BCUT2D eigenvalue weighted by molar-refractivity contribution is 5.82. The van der Waals surface area contributed by atoms with E-state index < -0.39 is 79.1 Å². The summed E-state index contributed by atoms with van der Waals surface area (Å²) in [5.41, 5.74) is -14.9. The van der Waals surface area contributed by atoms with Crippen molar-refractivity contribution in [3.63, 3.8) is 0 Å². The van der Waals surface area contributed by atoms with E-state index in [1.165, 1.54) is 0 Å². The van der Waals surface area contributed by atoms with Gasteiger partial charge in [-0.15, -0.1) is 0 Å². The molecule has 0 heterocycles. The van der Waals surface area contributed by atoms with Gasteiger partial charge in [0.25, 0.3) is 0 Å². The molecular formula is C16H14F12O8. The maximum Gasteiger partial charge on any atom is 0.437 e. The van der Waals surface area contributed by atoms with Gasteiger partial charge in [0.1, 0.15) is 19.8 Å². The molecule has 0 amide bonds. The van der Waals surface area contributed by atoms with Gasteiger partial charge in [0.05, 0.1) is 5.41 Å². The molecule has 0 atom stereocenters. The van der Waals surface area contributed by atoms with Gasteiger partial charge in [-0.2, -0.15) is 52.7 Å². The van der Waals surface area contributed by atoms with Crippen LogP contribution in [0.15, 0.2) is 12.7 Å². The molecule has 0 fully saturated rings. The van der Waals surface area contributed by atoms with Crippen LogP contribution in [-0.4, -0.2) is 83.8 Å². The largest absolute Gasteiger partial charge is 0.462 e. The van der Waals surface area contributed by atoms with Crippen LogP contribution in [0.2, 0.25) is 0 Å². The van der Waals surface area contributed by atoms with E-state index in [0.717, 1.165) is 0 Å². The Labute approximate surface area is 191 Å². The van der Waals surface area contributed by atoms with Crippen LogP contribution in [0.3, 0.4) is 0 Å². The van der Waals surface area contributed by atoms with Crippen LogP contribution < -0.4 is 0 Å². The summed E-state index contributed by atoms with van der Waals surface area (Å²) < 4.78 is 164. The highest BCUT2D eigenvalue weighted by atomic mass is 19.4. The topological polar surface area (TPSA) is 119 Å². The Hall–Kier alpha value is -2.77. The number of alkyl halides is 12. The summed E-state index contributed by atoms with van der Waals surface area (Å²) in [6.07, 6.45) is -26.5. The van der Waals surface area contributed by atoms with Crippen LogP contribution in [0, 0.1) is 5.41 Å². The molecule has 0 aromatic heterocycles. The number of hydrogen-bond donors (Lipinski definition) is 2. The summed E-state index contributed by atoms with van der Waals surface area (Å²) in [6.45, 7) is -1.78. The summed E-state index contributed by atoms with van der Waals surface area (Å²) in [5.74, 6) is -8.31. The zero-order chi connectivity index (χ0) is 29.2. The van der Waals surface area contributed by atoms with E-state index >= 15 is 0 Å². The summed E-state index contributed by atoms with van der Waals surface area (Å²) in [4.78, 5) is 34.1. The smallest absolute Gasteiger partial charge is 0.437 e. The lowest BCUT2D eigenvalue weighted by atomic mass is 9.93. The van der Waals surface area contributed by atoms with Crippen molar-refractivity contribution in [3.05, 3.63) is 12.7 Å². The minimum absolute atomic E-state index is 0.399. The second kappa shape index (κ2) is 10.3. The second-order valence-electron chi connectivity index (χ2n) is 7.19. The van der Waals surface area contributed by atoms with Crippen molar-refractivity contribution < 1.29 is 91.5 Å². The zero-order valence-corrected chi connectivity index (χ0v) is 17.3. The first-order valence-corrected chi connectivity index (χ1v) is 8.56. The van der Waals surface area contributed by atoms with E-state index in [-0.39, 0.29) is 0 Å². The fraction of sp³-hybridized carbons (Fsp3) is 0.688. The molecular weight excluding hydrogens is 548 g/mol. The van der Waals surface area contributed by atoms with E-state index in [9.17, 15) is 67.1 Å². The Bertz CT molecular complexity index is 758. The van der Waals surface area contributed by atoms with Gasteiger partial charge in [-0.05, 0) is 6.92 Å². The van der Waals surface area contributed by atoms with Crippen molar-refractivity contribution in [1.82, 2.24) is 0 Å². The van der Waals surface area contributed by atoms with Crippen LogP contribution in [0.4, 0.5) is 52.7 Å². The van der Waals surface area contributed by atoms with Crippen LogP contribution in [-0.2, 0) is 28.6 Å². The summed E-state index contributed by atoms with van der Waals surface area (Å²) in [6, 6.07) is 0. The fourth-order valence-electron chi connectivity index (χ4n) is 1.90. The van der Waals surface area contributed by atoms with Crippen molar-refractivity contribution in [2.24, 2.45) is 5.41 Å². The monoisotopic (exact) mass is 562 g/mol. The Morgan fingerprint density at radius 2 is 0.889 bits per heavy atom. The molecule has 0 aromatic rings. The number of aliphatic hydroxyl groups is 2. The van der Waals surface area contributed by atoms with Gasteiger partial charge in [-0.3, -0.25) is 0 Å². The number of ether oxygens (including phenoxy) is 3. The molecule has 0 spiro atoms. The second-order valence-corrected chi connectivity index (χ2v) is 7.19. The van der Waals surface area contributed by atoms with Gasteiger partial charge in [0.2, 0.25) is 0 Å². The lowest BCUT2D eigenvalue weighted by Crippen LogP contribution is -2.63. The molecule has 0 bridgehead atoms. The number of carbonyl (C=O) groups excluding carboxylic acids is 3. The summed E-state index contributed by atoms with van der Waals surface area (Å²) in [7, 11) is 0. The highest BCUT2D eigenvalue weighted by Crippen LogP contribution is 2.45. The predicted molar refractivity (Wildman–Crippen MR) is 85.3 cm³/mol. The maximum atomic E-state index is 12.7. The highest BCUT2D eigenvalue weighted by Gasteiger charge is 2.78. The summed E-state index contributed by atoms with van der Waals surface area (Å²) in [5, 5.41) is 17.8. The lowest BCUT2D eigenvalue weighted by Gasteiger charge is -2.34. The molecule has 8 nitrogen and oxygen atoms in total. The van der Waals surface area contributed by atoms with Gasteiger partial charge in [-0.25, -0.2) is 14.4 Å². The third kappa shape index (κ3) is 6.71. The minimum Gasteiger partial charge on any atom is -0.462 e. The molecule has 0 rings (SSSR count). The van der Waals surface area contributed by atoms with E-state index in [1.54, 1.807) is 0 Å². The number of halogens is 12. The van der Waals surface area contributed by atoms with Crippen molar-refractivity contribution >= 4 is 17.9 Å². The molecule has 0 aliphatic rings. The van der Waals surface area contributed by atoms with E-state index in [2.05, 4.69) is 20.8 Å². The average molecular weight is 562 g/mol. The Morgan fingerprint density at radius 3 is 1.11 bits per heavy atom. The molecule has 210 valence electrons. The van der Waals surface area contributed by atoms with Gasteiger partial charge < -0.3 is 24.4 Å². The third-order valence-electron chi connectivity index (χ3n) is 4.06. The SMILES string of the molecule is C=CC(=O)OCC(C)(COC(=O)C(O)(C(F)(F)F)C(F)(F)F)COC(=O)C(O)(C(F)(F)F)C(F)(F)F. The van der Waals surface area contributed by atoms with Gasteiger partial charge >= 0.3 is 53.8 Å². The number of rotatable bonds is 9. The molecule has 2 N–H and O–H groups in total. The Morgan fingerprint density at radius 1 is 0.639 bits per heavy atom. The molecule has 36 heavy (non-hydrogen) atoms. The van der Waals surface area contributed by atoms with Crippen LogP contribution in [0.1, 0.15) is 6.92 Å². The molecule has 0 aromatic carbocycles. The first-order valence-electron chi connectivity index (χ1n) is 8.56. The van der Waals surface area contributed by atoms with Crippen molar-refractivity contribution in [2.75, 3.05) is 19.8 Å². The first kappa shape index (κ1) is 33.2. The molecule has 0 aliphatic carbocycles. The molecule has 0 radical (unpaired) electrons. The van der Waals surface area contributed by atoms with E-state index in [1.807, 2.05) is 0 Å². The zero-order valence-electron chi connectivity index (χ0n) is 17.3. The average Bonchev–Trinajstić information content (AvgIpc) is 2.69. The van der Waals surface area contributed by atoms with Gasteiger partial charge in [-0.1, -0.05) is 6.58 Å². The van der Waals surface area contributed by atoms with Crippen molar-refractivity contribution in [3.8, 4) is 0 Å². The Kier molecular flexibility index (Phi) is 9.51. The number of hydrogen-bond acceptors (Lipinski definition) is 8. The first-order chi connectivity index (χ1) is 15.7. The Balaban J connectivity index is 6.04. The number of esters is 3. The predicted octanol–water partition coefficient (Wildman–Crippen LogP) is 2.52. The molecule has 0 unspecified atom stereocenters. The van der Waals surface area contributed by atoms with Gasteiger partial charge in [0, 0.05) is 6.08 Å². The summed E-state index contributed by atoms with van der Waals surface area (Å²) >= 11 is 0. The van der Waals surface area contributed by atoms with Crippen molar-refractivity contribution in [2.45, 2.75) is 42.8 Å². The standard InChI is InChI=1S/C16H14F12O8/c1-3-7(29)34-4-10(2,5-35-8(30)11(32,13(17,18)19)14(20,21)22)6-36-9(31)12(33,15(23,24)25)16(26,27)28/h3,32-33H,1,4-6H2,2H3. The normalized spacial score (nSPS) is 14.2. The van der Waals surface area contributed by atoms with Crippen LogP contribution in [0.5, 0.6) is 0 Å².